The molecule has 5 aliphatic rings. The lowest BCUT2D eigenvalue weighted by molar-refractivity contribution is -0.160. The van der Waals surface area contributed by atoms with Crippen LogP contribution in [0.5, 0.6) is 0 Å². The van der Waals surface area contributed by atoms with Crippen molar-refractivity contribution in [3.8, 4) is 0 Å². The van der Waals surface area contributed by atoms with E-state index < -0.39 is 22.9 Å². The summed E-state index contributed by atoms with van der Waals surface area (Å²) in [6.07, 6.45) is 6.45. The molecule has 1 spiro atoms. The summed E-state index contributed by atoms with van der Waals surface area (Å²) in [5.41, 5.74) is -0.0978. The summed E-state index contributed by atoms with van der Waals surface area (Å²) in [5.74, 6) is -0.771. The second-order valence-corrected chi connectivity index (χ2v) is 9.01. The van der Waals surface area contributed by atoms with Crippen molar-refractivity contribution in [3.05, 3.63) is 12.2 Å². The summed E-state index contributed by atoms with van der Waals surface area (Å²) in [5, 5.41) is 10.2. The van der Waals surface area contributed by atoms with Crippen LogP contribution in [-0.4, -0.2) is 22.6 Å². The van der Waals surface area contributed by atoms with Gasteiger partial charge in [0.1, 0.15) is 5.60 Å². The van der Waals surface area contributed by atoms with Gasteiger partial charge in [-0.3, -0.25) is 9.59 Å². The van der Waals surface area contributed by atoms with E-state index in [2.05, 4.69) is 6.58 Å². The number of hydrogen-bond acceptors (Lipinski definition) is 3. The van der Waals surface area contributed by atoms with Crippen LogP contribution < -0.4 is 0 Å². The minimum atomic E-state index is -0.719. The maximum Gasteiger partial charge on any atom is 0.312 e. The van der Waals surface area contributed by atoms with Gasteiger partial charge in [0.25, 0.3) is 0 Å². The van der Waals surface area contributed by atoms with Crippen LogP contribution in [0.15, 0.2) is 12.2 Å². The summed E-state index contributed by atoms with van der Waals surface area (Å²) in [7, 11) is 0. The van der Waals surface area contributed by atoms with Gasteiger partial charge in [0.05, 0.1) is 11.3 Å². The number of esters is 1. The molecule has 0 aromatic carbocycles. The van der Waals surface area contributed by atoms with Crippen LogP contribution in [-0.2, 0) is 14.3 Å². The summed E-state index contributed by atoms with van der Waals surface area (Å²) in [6.45, 7) is 6.22. The summed E-state index contributed by atoms with van der Waals surface area (Å²) < 4.78 is 6.10. The zero-order valence-electron chi connectivity index (χ0n) is 13.6. The first-order valence-corrected chi connectivity index (χ1v) is 8.99. The first-order chi connectivity index (χ1) is 10.9. The first kappa shape index (κ1) is 14.1. The van der Waals surface area contributed by atoms with Gasteiger partial charge in [-0.2, -0.15) is 0 Å². The number of carbonyl (C=O) groups excluding carboxylic acids is 1. The Balaban J connectivity index is 1.75. The predicted molar refractivity (Wildman–Crippen MR) is 82.4 cm³/mol. The van der Waals surface area contributed by atoms with E-state index in [0.29, 0.717) is 5.92 Å². The van der Waals surface area contributed by atoms with Gasteiger partial charge in [-0.1, -0.05) is 12.2 Å². The number of carboxylic acid groups (broad SMARTS) is 1. The molecule has 0 amide bonds. The van der Waals surface area contributed by atoms with Gasteiger partial charge < -0.3 is 9.84 Å². The molecule has 5 fully saturated rings. The molecule has 4 aliphatic carbocycles. The van der Waals surface area contributed by atoms with Gasteiger partial charge in [0.15, 0.2) is 0 Å². The number of rotatable bonds is 1. The van der Waals surface area contributed by atoms with Crippen LogP contribution in [0.2, 0.25) is 0 Å². The van der Waals surface area contributed by atoms with E-state index in [1.165, 1.54) is 5.57 Å². The van der Waals surface area contributed by atoms with Crippen LogP contribution in [0.1, 0.15) is 51.9 Å². The number of ether oxygens (including phenoxy) is 1. The standard InChI is InChI=1S/C19H24O4/c1-10-8-18-9-11(10)4-5-12(18)19-7-3-6-17(2,16(22)23-19)14(19)13(18)15(20)21/h11-14H,1,3-9H2,2H3,(H,20,21)/t11-,12+,13+,14-,17-,18+,19-/m0/s1. The Morgan fingerprint density at radius 2 is 2.13 bits per heavy atom. The van der Waals surface area contributed by atoms with E-state index in [1.807, 2.05) is 6.92 Å². The first-order valence-electron chi connectivity index (χ1n) is 8.99. The molecule has 7 atom stereocenters. The van der Waals surface area contributed by atoms with E-state index in [1.54, 1.807) is 0 Å². The molecule has 0 radical (unpaired) electrons. The molecule has 0 aromatic heterocycles. The fraction of sp³-hybridized carbons (Fsp3) is 0.789. The number of hydrogen-bond donors (Lipinski definition) is 1. The second-order valence-electron chi connectivity index (χ2n) is 9.01. The molecular weight excluding hydrogens is 292 g/mol. The van der Waals surface area contributed by atoms with Gasteiger partial charge in [0.2, 0.25) is 0 Å². The quantitative estimate of drug-likeness (QED) is 0.596. The molecule has 4 heteroatoms. The van der Waals surface area contributed by atoms with Crippen molar-refractivity contribution in [1.29, 1.82) is 0 Å². The van der Waals surface area contributed by atoms with Crippen LogP contribution in [0, 0.1) is 34.5 Å². The molecule has 4 bridgehead atoms. The van der Waals surface area contributed by atoms with E-state index in [0.717, 1.165) is 44.9 Å². The third-order valence-corrected chi connectivity index (χ3v) is 8.29. The molecule has 124 valence electrons. The highest BCUT2D eigenvalue weighted by molar-refractivity contribution is 5.84. The molecular formula is C19H24O4. The Hall–Kier alpha value is -1.32. The average molecular weight is 316 g/mol. The summed E-state index contributed by atoms with van der Waals surface area (Å²) >= 11 is 0. The SMILES string of the molecule is C=C1C[C@@]23C[C@@H]1CC[C@H]2[C@]12CCC[C@](C)(C(=O)O1)[C@@H]2[C@@H]3C(=O)O. The zero-order chi connectivity index (χ0) is 16.2. The fourth-order valence-corrected chi connectivity index (χ4v) is 7.70. The van der Waals surface area contributed by atoms with Crippen LogP contribution in [0.3, 0.4) is 0 Å². The number of carboxylic acids is 1. The Morgan fingerprint density at radius 1 is 1.35 bits per heavy atom. The lowest BCUT2D eigenvalue weighted by Gasteiger charge is -2.43. The van der Waals surface area contributed by atoms with Crippen molar-refractivity contribution in [3.63, 3.8) is 0 Å². The van der Waals surface area contributed by atoms with Crippen molar-refractivity contribution in [2.24, 2.45) is 34.5 Å². The molecule has 0 aromatic rings. The van der Waals surface area contributed by atoms with Crippen LogP contribution >= 0.6 is 0 Å². The average Bonchev–Trinajstić information content (AvgIpc) is 2.92. The Morgan fingerprint density at radius 3 is 2.87 bits per heavy atom. The van der Waals surface area contributed by atoms with Crippen molar-refractivity contribution < 1.29 is 19.4 Å². The van der Waals surface area contributed by atoms with E-state index >= 15 is 0 Å². The highest BCUT2D eigenvalue weighted by Gasteiger charge is 2.81. The van der Waals surface area contributed by atoms with Gasteiger partial charge in [-0.25, -0.2) is 0 Å². The zero-order valence-corrected chi connectivity index (χ0v) is 13.6. The topological polar surface area (TPSA) is 63.6 Å². The van der Waals surface area contributed by atoms with E-state index in [9.17, 15) is 14.7 Å². The van der Waals surface area contributed by atoms with Gasteiger partial charge >= 0.3 is 11.9 Å². The van der Waals surface area contributed by atoms with Gasteiger partial charge in [0, 0.05) is 11.8 Å². The minimum Gasteiger partial charge on any atom is -0.481 e. The summed E-state index contributed by atoms with van der Waals surface area (Å²) in [4.78, 5) is 25.0. The number of aliphatic carboxylic acids is 1. The smallest absolute Gasteiger partial charge is 0.312 e. The molecule has 1 N–H and O–H groups in total. The Bertz CT molecular complexity index is 654. The predicted octanol–water partition coefficient (Wildman–Crippen LogP) is 3.17. The monoisotopic (exact) mass is 316 g/mol. The molecule has 5 rings (SSSR count). The third-order valence-electron chi connectivity index (χ3n) is 8.29. The third kappa shape index (κ3) is 1.29. The van der Waals surface area contributed by atoms with Crippen LogP contribution in [0.4, 0.5) is 0 Å². The maximum absolute atomic E-state index is 12.7. The van der Waals surface area contributed by atoms with E-state index in [4.69, 9.17) is 4.74 Å². The fourth-order valence-electron chi connectivity index (χ4n) is 7.70. The minimum absolute atomic E-state index is 0.139. The molecule has 1 heterocycles. The molecule has 1 aliphatic heterocycles. The number of carbonyl (C=O) groups is 2. The molecule has 1 saturated heterocycles. The highest BCUT2D eigenvalue weighted by atomic mass is 16.6. The largest absolute Gasteiger partial charge is 0.481 e. The van der Waals surface area contributed by atoms with Crippen molar-refractivity contribution in [2.45, 2.75) is 57.5 Å². The van der Waals surface area contributed by atoms with Gasteiger partial charge in [-0.15, -0.1) is 0 Å². The van der Waals surface area contributed by atoms with Crippen LogP contribution in [0.25, 0.3) is 0 Å². The maximum atomic E-state index is 12.7. The highest BCUT2D eigenvalue weighted by Crippen LogP contribution is 2.77. The number of fused-ring (bicyclic) bond motifs is 1. The Kier molecular flexibility index (Phi) is 2.35. The Labute approximate surface area is 136 Å². The van der Waals surface area contributed by atoms with Crippen molar-refractivity contribution in [2.75, 3.05) is 0 Å². The summed E-state index contributed by atoms with van der Waals surface area (Å²) in [6, 6.07) is 0. The lowest BCUT2D eigenvalue weighted by Crippen LogP contribution is -2.47. The number of allylic oxidation sites excluding steroid dienone is 1. The van der Waals surface area contributed by atoms with E-state index in [-0.39, 0.29) is 23.2 Å². The normalized spacial score (nSPS) is 56.2. The molecule has 4 saturated carbocycles. The molecule has 4 nitrogen and oxygen atoms in total. The molecule has 23 heavy (non-hydrogen) atoms. The molecule has 0 unspecified atom stereocenters. The lowest BCUT2D eigenvalue weighted by atomic mass is 9.60. The second kappa shape index (κ2) is 3.84. The van der Waals surface area contributed by atoms with Crippen molar-refractivity contribution in [1.82, 2.24) is 0 Å². The van der Waals surface area contributed by atoms with Crippen molar-refractivity contribution >= 4 is 11.9 Å². The van der Waals surface area contributed by atoms with Gasteiger partial charge in [-0.05, 0) is 63.2 Å².